The van der Waals surface area contributed by atoms with Gasteiger partial charge in [0.15, 0.2) is 0 Å². The number of halogens is 1. The number of aliphatic hydroxyl groups excluding tert-OH is 1. The summed E-state index contributed by atoms with van der Waals surface area (Å²) in [6.45, 7) is 9.85. The largest absolute Gasteiger partial charge is 0.489 e. The van der Waals surface area contributed by atoms with E-state index in [1.54, 1.807) is 49.6 Å². The van der Waals surface area contributed by atoms with Crippen molar-refractivity contribution >= 4 is 11.5 Å². The number of anilines is 1. The number of aryl methyl sites for hydroxylation is 2. The van der Waals surface area contributed by atoms with Crippen LogP contribution in [0.4, 0.5) is 15.9 Å². The molecule has 178 valence electrons. The Kier molecular flexibility index (Phi) is 7.18. The fraction of sp³-hybridized carbons (Fsp3) is 0.200. The van der Waals surface area contributed by atoms with Gasteiger partial charge in [-0.15, -0.1) is 0 Å². The van der Waals surface area contributed by atoms with E-state index in [9.17, 15) is 4.39 Å². The summed E-state index contributed by atoms with van der Waals surface area (Å²) < 4.78 is 27.2. The molecule has 4 rings (SSSR count). The summed E-state index contributed by atoms with van der Waals surface area (Å²) in [6, 6.07) is 11.0. The predicted molar refractivity (Wildman–Crippen MR) is 128 cm³/mol. The van der Waals surface area contributed by atoms with Gasteiger partial charge < -0.3 is 20.3 Å². The van der Waals surface area contributed by atoms with Gasteiger partial charge in [0.05, 0.1) is 6.57 Å². The molecule has 0 spiro atoms. The first-order valence-electron chi connectivity index (χ1n) is 10.8. The Bertz CT molecular complexity index is 1350. The number of benzene rings is 2. The zero-order valence-corrected chi connectivity index (χ0v) is 19.0. The van der Waals surface area contributed by atoms with Gasteiger partial charge in [-0.05, 0) is 31.0 Å². The fourth-order valence-electron chi connectivity index (χ4n) is 3.32. The van der Waals surface area contributed by atoms with E-state index in [4.69, 9.17) is 26.9 Å². The number of rotatable bonds is 9. The summed E-state index contributed by atoms with van der Waals surface area (Å²) in [5.74, 6) is 1.46. The van der Waals surface area contributed by atoms with E-state index < -0.39 is 5.82 Å². The van der Waals surface area contributed by atoms with Gasteiger partial charge in [0.25, 0.3) is 5.69 Å². The van der Waals surface area contributed by atoms with Crippen molar-refractivity contribution in [1.82, 2.24) is 19.7 Å². The predicted octanol–water partition coefficient (Wildman–Crippen LogP) is 4.67. The van der Waals surface area contributed by atoms with Crippen LogP contribution >= 0.6 is 0 Å². The zero-order chi connectivity index (χ0) is 24.8. The lowest BCUT2D eigenvalue weighted by atomic mass is 10.1. The summed E-state index contributed by atoms with van der Waals surface area (Å²) in [5.41, 5.74) is 8.19. The van der Waals surface area contributed by atoms with Gasteiger partial charge in [-0.25, -0.2) is 19.2 Å². The lowest BCUT2D eigenvalue weighted by Crippen LogP contribution is -2.05. The molecule has 0 aliphatic rings. The number of nitrogens with zero attached hydrogens (tertiary/aromatic N) is 5. The van der Waals surface area contributed by atoms with E-state index in [1.807, 2.05) is 0 Å². The highest BCUT2D eigenvalue weighted by Gasteiger charge is 2.17. The Morgan fingerprint density at radius 3 is 2.49 bits per heavy atom. The van der Waals surface area contributed by atoms with Crippen LogP contribution in [0.25, 0.3) is 16.1 Å². The van der Waals surface area contributed by atoms with Crippen LogP contribution in [0.15, 0.2) is 54.9 Å². The Balaban J connectivity index is 1.48. The standard InChI is InChI=1S/C25H23FN6O3/c1-16-29-13-17(14-30-16)15-34-21-10-19(26)11-22(12-21)35-20-6-4-18(5-7-20)23-24(28-2)25(27)32(31-23)8-3-9-33/h4-7,10-14,33H,3,8-9,15,27H2,1H3. The Labute approximate surface area is 201 Å². The number of aliphatic hydroxyl groups is 1. The molecule has 3 N–H and O–H groups in total. The molecule has 2 aromatic carbocycles. The van der Waals surface area contributed by atoms with Crippen molar-refractivity contribution < 1.29 is 19.0 Å². The highest BCUT2D eigenvalue weighted by Crippen LogP contribution is 2.36. The number of ether oxygens (including phenoxy) is 2. The maximum absolute atomic E-state index is 14.2. The molecule has 9 nitrogen and oxygen atoms in total. The molecule has 10 heteroatoms. The molecule has 4 aromatic rings. The van der Waals surface area contributed by atoms with Gasteiger partial charge in [0.1, 0.15) is 47.0 Å². The van der Waals surface area contributed by atoms with Gasteiger partial charge in [0, 0.05) is 49.3 Å². The smallest absolute Gasteiger partial charge is 0.254 e. The Morgan fingerprint density at radius 2 is 1.80 bits per heavy atom. The van der Waals surface area contributed by atoms with Crippen molar-refractivity contribution in [3.8, 4) is 28.5 Å². The second kappa shape index (κ2) is 10.6. The topological polar surface area (TPSA) is 113 Å². The number of nitrogen functional groups attached to an aromatic ring is 1. The van der Waals surface area contributed by atoms with Gasteiger partial charge in [-0.1, -0.05) is 12.1 Å². The van der Waals surface area contributed by atoms with Crippen LogP contribution in [0.3, 0.4) is 0 Å². The average molecular weight is 474 g/mol. The molecule has 2 aromatic heterocycles. The SMILES string of the molecule is [C-]#[N+]c1c(-c2ccc(Oc3cc(F)cc(OCc4cnc(C)nc4)c3)cc2)nn(CCCO)c1N. The van der Waals surface area contributed by atoms with Crippen LogP contribution in [0, 0.1) is 19.3 Å². The van der Waals surface area contributed by atoms with Crippen molar-refractivity contribution in [3.63, 3.8) is 0 Å². The van der Waals surface area contributed by atoms with Crippen LogP contribution in [-0.2, 0) is 13.2 Å². The summed E-state index contributed by atoms with van der Waals surface area (Å²) in [7, 11) is 0. The van der Waals surface area contributed by atoms with E-state index in [-0.39, 0.29) is 30.5 Å². The highest BCUT2D eigenvalue weighted by molar-refractivity contribution is 5.83. The monoisotopic (exact) mass is 474 g/mol. The van der Waals surface area contributed by atoms with E-state index in [2.05, 4.69) is 19.9 Å². The van der Waals surface area contributed by atoms with Crippen LogP contribution in [0.2, 0.25) is 0 Å². The highest BCUT2D eigenvalue weighted by atomic mass is 19.1. The molecule has 0 saturated heterocycles. The van der Waals surface area contributed by atoms with Gasteiger partial charge in [0.2, 0.25) is 0 Å². The molecule has 0 amide bonds. The molecule has 2 heterocycles. The summed E-state index contributed by atoms with van der Waals surface area (Å²) in [5, 5.41) is 13.5. The molecular weight excluding hydrogens is 451 g/mol. The molecule has 0 unspecified atom stereocenters. The quantitative estimate of drug-likeness (QED) is 0.339. The Hall–Kier alpha value is -4.49. The van der Waals surface area contributed by atoms with E-state index in [1.165, 1.54) is 16.8 Å². The third kappa shape index (κ3) is 5.72. The van der Waals surface area contributed by atoms with Crippen LogP contribution < -0.4 is 15.2 Å². The van der Waals surface area contributed by atoms with Crippen LogP contribution in [0.1, 0.15) is 17.8 Å². The molecule has 0 bridgehead atoms. The lowest BCUT2D eigenvalue weighted by molar-refractivity contribution is 0.277. The maximum Gasteiger partial charge on any atom is 0.254 e. The minimum Gasteiger partial charge on any atom is -0.489 e. The molecule has 0 saturated carbocycles. The van der Waals surface area contributed by atoms with E-state index in [0.29, 0.717) is 41.5 Å². The lowest BCUT2D eigenvalue weighted by Gasteiger charge is -2.10. The second-order valence-corrected chi connectivity index (χ2v) is 7.67. The van der Waals surface area contributed by atoms with Crippen molar-refractivity contribution in [3.05, 3.63) is 83.5 Å². The van der Waals surface area contributed by atoms with Crippen molar-refractivity contribution in [2.45, 2.75) is 26.5 Å². The minimum atomic E-state index is -0.500. The number of nitrogens with two attached hydrogens (primary N) is 1. The second-order valence-electron chi connectivity index (χ2n) is 7.67. The fourth-order valence-corrected chi connectivity index (χ4v) is 3.32. The zero-order valence-electron chi connectivity index (χ0n) is 19.0. The van der Waals surface area contributed by atoms with Crippen molar-refractivity contribution in [1.29, 1.82) is 0 Å². The number of hydrogen-bond acceptors (Lipinski definition) is 7. The first-order valence-corrected chi connectivity index (χ1v) is 10.8. The maximum atomic E-state index is 14.2. The third-order valence-corrected chi connectivity index (χ3v) is 5.05. The van der Waals surface area contributed by atoms with Crippen molar-refractivity contribution in [2.75, 3.05) is 12.3 Å². The number of hydrogen-bond donors (Lipinski definition) is 2. The number of aromatic nitrogens is 4. The average Bonchev–Trinajstić information content (AvgIpc) is 3.17. The van der Waals surface area contributed by atoms with E-state index >= 15 is 0 Å². The Morgan fingerprint density at radius 1 is 1.09 bits per heavy atom. The third-order valence-electron chi connectivity index (χ3n) is 5.05. The van der Waals surface area contributed by atoms with Crippen molar-refractivity contribution in [2.24, 2.45) is 0 Å². The summed E-state index contributed by atoms with van der Waals surface area (Å²) >= 11 is 0. The normalized spacial score (nSPS) is 10.7. The molecule has 0 radical (unpaired) electrons. The summed E-state index contributed by atoms with van der Waals surface area (Å²) in [4.78, 5) is 11.7. The molecule has 0 fully saturated rings. The summed E-state index contributed by atoms with van der Waals surface area (Å²) in [6.07, 6.45) is 3.79. The molecule has 0 atom stereocenters. The van der Waals surface area contributed by atoms with Crippen LogP contribution in [0.5, 0.6) is 17.2 Å². The van der Waals surface area contributed by atoms with Gasteiger partial charge in [-0.3, -0.25) is 4.68 Å². The van der Waals surface area contributed by atoms with E-state index in [0.717, 1.165) is 5.56 Å². The molecule has 0 aliphatic carbocycles. The van der Waals surface area contributed by atoms with Crippen LogP contribution in [-0.4, -0.2) is 31.5 Å². The van der Waals surface area contributed by atoms with Gasteiger partial charge in [-0.2, -0.15) is 5.10 Å². The molecular formula is C25H23FN6O3. The first-order chi connectivity index (χ1) is 17.0. The molecule has 0 aliphatic heterocycles. The van der Waals surface area contributed by atoms with Gasteiger partial charge >= 0.3 is 0 Å². The minimum absolute atomic E-state index is 0.00121. The first kappa shape index (κ1) is 23.7. The molecule has 35 heavy (non-hydrogen) atoms.